The number of alkyl halides is 3. The van der Waals surface area contributed by atoms with Crippen LogP contribution in [0.4, 0.5) is 13.2 Å². The summed E-state index contributed by atoms with van der Waals surface area (Å²) >= 11 is 7.25. The Kier molecular flexibility index (Phi) is 6.05. The molecule has 2 aromatic heterocycles. The third-order valence-electron chi connectivity index (χ3n) is 5.08. The van der Waals surface area contributed by atoms with Crippen molar-refractivity contribution in [3.8, 4) is 11.4 Å². The Morgan fingerprint density at radius 2 is 2.00 bits per heavy atom. The molecule has 0 bridgehead atoms. The largest absolute Gasteiger partial charge is 0.416 e. The summed E-state index contributed by atoms with van der Waals surface area (Å²) in [5.74, 6) is 0.523. The number of hydrogen-bond acceptors (Lipinski definition) is 8. The molecule has 7 nitrogen and oxygen atoms in total. The van der Waals surface area contributed by atoms with E-state index in [-0.39, 0.29) is 17.4 Å². The lowest BCUT2D eigenvalue weighted by atomic mass is 10.1. The summed E-state index contributed by atoms with van der Waals surface area (Å²) in [6.07, 6.45) is -4.42. The van der Waals surface area contributed by atoms with E-state index in [0.29, 0.717) is 16.8 Å². The molecule has 0 spiro atoms. The van der Waals surface area contributed by atoms with Crippen molar-refractivity contribution in [2.24, 2.45) is 0 Å². The quantitative estimate of drug-likeness (QED) is 0.569. The van der Waals surface area contributed by atoms with E-state index in [1.54, 1.807) is 0 Å². The van der Waals surface area contributed by atoms with Gasteiger partial charge in [0.25, 0.3) is 0 Å². The van der Waals surface area contributed by atoms with Crippen LogP contribution in [0, 0.1) is 0 Å². The smallest absolute Gasteiger partial charge is 0.337 e. The Morgan fingerprint density at radius 1 is 1.23 bits per heavy atom. The summed E-state index contributed by atoms with van der Waals surface area (Å²) in [6.45, 7) is 5.77. The van der Waals surface area contributed by atoms with Crippen molar-refractivity contribution < 1.29 is 17.7 Å². The molecule has 1 saturated heterocycles. The van der Waals surface area contributed by atoms with E-state index in [4.69, 9.17) is 16.1 Å². The van der Waals surface area contributed by atoms with Crippen LogP contribution in [0.2, 0.25) is 4.34 Å². The van der Waals surface area contributed by atoms with Gasteiger partial charge < -0.3 is 4.52 Å². The van der Waals surface area contributed by atoms with E-state index < -0.39 is 11.7 Å². The van der Waals surface area contributed by atoms with E-state index in [0.717, 1.165) is 44.0 Å². The van der Waals surface area contributed by atoms with Crippen molar-refractivity contribution in [1.29, 1.82) is 0 Å². The van der Waals surface area contributed by atoms with E-state index >= 15 is 0 Å². The number of aromatic nitrogens is 4. The Bertz CT molecular complexity index is 1000. The molecular weight excluding hydrogens is 441 g/mol. The van der Waals surface area contributed by atoms with Gasteiger partial charge in [-0.25, -0.2) is 0 Å². The first-order chi connectivity index (χ1) is 14.3. The second-order valence-corrected chi connectivity index (χ2v) is 8.37. The topological polar surface area (TPSA) is 71.2 Å². The number of benzene rings is 1. The summed E-state index contributed by atoms with van der Waals surface area (Å²) < 4.78 is 48.6. The SMILES string of the molecule is CC(c1nc(-c2cccc(C(F)(F)F)c2)no1)N1CCN(Cc2nnsc2Cl)CC1. The minimum Gasteiger partial charge on any atom is -0.337 e. The summed E-state index contributed by atoms with van der Waals surface area (Å²) in [6, 6.07) is 4.76. The Labute approximate surface area is 179 Å². The highest BCUT2D eigenvalue weighted by molar-refractivity contribution is 7.10. The van der Waals surface area contributed by atoms with Crippen LogP contribution in [0.15, 0.2) is 28.8 Å². The van der Waals surface area contributed by atoms with Gasteiger partial charge >= 0.3 is 6.18 Å². The number of piperazine rings is 1. The fourth-order valence-corrected chi connectivity index (χ4v) is 3.94. The Hall–Kier alpha value is -2.08. The molecule has 1 aliphatic rings. The van der Waals surface area contributed by atoms with Crippen LogP contribution in [0.5, 0.6) is 0 Å². The van der Waals surface area contributed by atoms with Crippen LogP contribution in [0.3, 0.4) is 0 Å². The van der Waals surface area contributed by atoms with E-state index in [1.165, 1.54) is 23.7 Å². The second-order valence-electron chi connectivity index (χ2n) is 7.02. The molecule has 1 fully saturated rings. The number of hydrogen-bond donors (Lipinski definition) is 0. The van der Waals surface area contributed by atoms with Crippen molar-refractivity contribution in [2.75, 3.05) is 26.2 Å². The van der Waals surface area contributed by atoms with Crippen molar-refractivity contribution >= 4 is 23.1 Å². The maximum absolute atomic E-state index is 12.9. The summed E-state index contributed by atoms with van der Waals surface area (Å²) in [5.41, 5.74) is 0.308. The van der Waals surface area contributed by atoms with Gasteiger partial charge in [0.1, 0.15) is 10.0 Å². The van der Waals surface area contributed by atoms with Crippen molar-refractivity contribution in [3.63, 3.8) is 0 Å². The summed E-state index contributed by atoms with van der Waals surface area (Å²) in [7, 11) is 0. The van der Waals surface area contributed by atoms with Crippen LogP contribution in [0.1, 0.15) is 30.1 Å². The zero-order valence-electron chi connectivity index (χ0n) is 15.9. The highest BCUT2D eigenvalue weighted by atomic mass is 35.5. The molecule has 4 rings (SSSR count). The van der Waals surface area contributed by atoms with Gasteiger partial charge in [0, 0.05) is 49.8 Å². The van der Waals surface area contributed by atoms with Crippen LogP contribution < -0.4 is 0 Å². The standard InChI is InChI=1S/C18H18ClF3N6OS/c1-11(28-7-5-27(6-8-28)10-14-15(19)30-26-24-14)17-23-16(25-29-17)12-3-2-4-13(9-12)18(20,21)22/h2-4,9,11H,5-8,10H2,1H3. The highest BCUT2D eigenvalue weighted by Crippen LogP contribution is 2.32. The van der Waals surface area contributed by atoms with Gasteiger partial charge in [-0.05, 0) is 19.1 Å². The first-order valence-corrected chi connectivity index (χ1v) is 10.4. The normalized spacial score (nSPS) is 17.4. The van der Waals surface area contributed by atoms with Crippen molar-refractivity contribution in [3.05, 3.63) is 45.7 Å². The average molecular weight is 459 g/mol. The molecule has 0 saturated carbocycles. The van der Waals surface area contributed by atoms with Crippen LogP contribution in [-0.4, -0.2) is 55.7 Å². The zero-order chi connectivity index (χ0) is 21.3. The van der Waals surface area contributed by atoms with Gasteiger partial charge in [-0.3, -0.25) is 9.80 Å². The minimum atomic E-state index is -4.42. The fraction of sp³-hybridized carbons (Fsp3) is 0.444. The molecule has 30 heavy (non-hydrogen) atoms. The molecule has 1 aromatic carbocycles. The van der Waals surface area contributed by atoms with Crippen LogP contribution >= 0.6 is 23.1 Å². The van der Waals surface area contributed by atoms with Gasteiger partial charge in [0.15, 0.2) is 0 Å². The Balaban J connectivity index is 1.39. The molecule has 3 heterocycles. The third-order valence-corrected chi connectivity index (χ3v) is 6.07. The van der Waals surface area contributed by atoms with Gasteiger partial charge in [0.05, 0.1) is 11.6 Å². The number of rotatable bonds is 5. The molecule has 1 aliphatic heterocycles. The number of nitrogens with zero attached hydrogens (tertiary/aromatic N) is 6. The fourth-order valence-electron chi connectivity index (χ4n) is 3.32. The van der Waals surface area contributed by atoms with Gasteiger partial charge in [-0.15, -0.1) is 5.10 Å². The lowest BCUT2D eigenvalue weighted by molar-refractivity contribution is -0.137. The number of halogens is 4. The second kappa shape index (κ2) is 8.58. The molecule has 1 unspecified atom stereocenters. The molecule has 1 atom stereocenters. The molecule has 160 valence electrons. The maximum Gasteiger partial charge on any atom is 0.416 e. The van der Waals surface area contributed by atoms with Crippen molar-refractivity contribution in [2.45, 2.75) is 25.7 Å². The van der Waals surface area contributed by atoms with Crippen LogP contribution in [-0.2, 0) is 12.7 Å². The van der Waals surface area contributed by atoms with E-state index in [9.17, 15) is 13.2 Å². The molecule has 0 radical (unpaired) electrons. The molecular formula is C18H18ClF3N6OS. The first-order valence-electron chi connectivity index (χ1n) is 9.25. The lowest BCUT2D eigenvalue weighted by Crippen LogP contribution is -2.46. The van der Waals surface area contributed by atoms with Gasteiger partial charge in [0.2, 0.25) is 11.7 Å². The lowest BCUT2D eigenvalue weighted by Gasteiger charge is -2.36. The van der Waals surface area contributed by atoms with Crippen molar-refractivity contribution in [1.82, 2.24) is 29.5 Å². The zero-order valence-corrected chi connectivity index (χ0v) is 17.5. The predicted octanol–water partition coefficient (Wildman–Crippen LogP) is 4.14. The molecule has 0 aliphatic carbocycles. The van der Waals surface area contributed by atoms with Crippen LogP contribution in [0.25, 0.3) is 11.4 Å². The first kappa shape index (κ1) is 21.2. The average Bonchev–Trinajstić information content (AvgIpc) is 3.37. The van der Waals surface area contributed by atoms with E-state index in [1.807, 2.05) is 6.92 Å². The monoisotopic (exact) mass is 458 g/mol. The van der Waals surface area contributed by atoms with Gasteiger partial charge in [-0.2, -0.15) is 18.2 Å². The maximum atomic E-state index is 12.9. The molecule has 12 heteroatoms. The molecule has 0 N–H and O–H groups in total. The van der Waals surface area contributed by atoms with E-state index in [2.05, 4.69) is 29.5 Å². The molecule has 0 amide bonds. The Morgan fingerprint density at radius 3 is 2.67 bits per heavy atom. The summed E-state index contributed by atoms with van der Waals surface area (Å²) in [5, 5.41) is 7.92. The summed E-state index contributed by atoms with van der Waals surface area (Å²) in [4.78, 5) is 8.77. The molecule has 3 aromatic rings. The van der Waals surface area contributed by atoms with Gasteiger partial charge in [-0.1, -0.05) is 33.4 Å². The third kappa shape index (κ3) is 4.64. The predicted molar refractivity (Wildman–Crippen MR) is 105 cm³/mol. The minimum absolute atomic E-state index is 0.146. The highest BCUT2D eigenvalue weighted by Gasteiger charge is 2.31.